The second-order valence-electron chi connectivity index (χ2n) is 12.9. The number of carbonyl (C=O) groups is 1. The van der Waals surface area contributed by atoms with Crippen LogP contribution in [0, 0.1) is 11.8 Å². The highest BCUT2D eigenvalue weighted by molar-refractivity contribution is 5.82. The van der Waals surface area contributed by atoms with Gasteiger partial charge in [0.25, 0.3) is 0 Å². The molecule has 0 aliphatic carbocycles. The molecule has 8 nitrogen and oxygen atoms in total. The highest BCUT2D eigenvalue weighted by atomic mass is 16.7. The number of nitrogens with zero attached hydrogens (tertiary/aromatic N) is 1. The minimum atomic E-state index is -0.414. The molecule has 8 heteroatoms. The van der Waals surface area contributed by atoms with Crippen LogP contribution in [0.3, 0.4) is 0 Å². The van der Waals surface area contributed by atoms with E-state index in [0.29, 0.717) is 25.3 Å². The lowest BCUT2D eigenvalue weighted by molar-refractivity contribution is -0.225. The number of hydrogen-bond acceptors (Lipinski definition) is 8. The molecule has 0 radical (unpaired) electrons. The van der Waals surface area contributed by atoms with E-state index in [2.05, 4.69) is 55.8 Å². The number of fused-ring (bicyclic) bond motifs is 9. The van der Waals surface area contributed by atoms with E-state index in [9.17, 15) is 4.79 Å². The molecule has 0 saturated carbocycles. The summed E-state index contributed by atoms with van der Waals surface area (Å²) in [5.74, 6) is 0.0662. The fourth-order valence-corrected chi connectivity index (χ4v) is 7.13. The molecule has 4 aliphatic rings. The summed E-state index contributed by atoms with van der Waals surface area (Å²) < 4.78 is 37.3. The monoisotopic (exact) mass is 615 g/mol. The molecule has 0 amide bonds. The molecule has 1 unspecified atom stereocenters. The summed E-state index contributed by atoms with van der Waals surface area (Å²) in [6.45, 7) is 11.1. The second-order valence-corrected chi connectivity index (χ2v) is 12.9. The Bertz CT molecular complexity index is 1410. The van der Waals surface area contributed by atoms with E-state index < -0.39 is 6.29 Å². The van der Waals surface area contributed by atoms with Crippen LogP contribution < -0.4 is 0 Å². The van der Waals surface area contributed by atoms with E-state index in [1.807, 2.05) is 25.1 Å². The number of rotatable bonds is 2. The Balaban J connectivity index is 1.28. The molecule has 9 atom stereocenters. The van der Waals surface area contributed by atoms with Crippen LogP contribution in [-0.4, -0.2) is 54.2 Å². The summed E-state index contributed by atoms with van der Waals surface area (Å²) in [4.78, 5) is 17.4. The lowest BCUT2D eigenvalue weighted by Gasteiger charge is -2.44. The van der Waals surface area contributed by atoms with E-state index >= 15 is 0 Å². The average Bonchev–Trinajstić information content (AvgIpc) is 3.53. The highest BCUT2D eigenvalue weighted by Gasteiger charge is 2.43. The van der Waals surface area contributed by atoms with Crippen LogP contribution in [0.5, 0.6) is 0 Å². The molecule has 0 N–H and O–H groups in total. The summed E-state index contributed by atoms with van der Waals surface area (Å²) in [6.07, 6.45) is 16.0. The van der Waals surface area contributed by atoms with E-state index in [-0.39, 0.29) is 54.4 Å². The van der Waals surface area contributed by atoms with Crippen LogP contribution in [-0.2, 0) is 28.5 Å². The fraction of sp³-hybridized carbons (Fsp3) is 0.514. The van der Waals surface area contributed by atoms with Crippen LogP contribution >= 0.6 is 0 Å². The second kappa shape index (κ2) is 14.4. The normalized spacial score (nSPS) is 36.3. The quantitative estimate of drug-likeness (QED) is 0.255. The summed E-state index contributed by atoms with van der Waals surface area (Å²) in [7, 11) is 0. The topological polar surface area (TPSA) is 89.3 Å². The Kier molecular flexibility index (Phi) is 10.1. The van der Waals surface area contributed by atoms with Crippen LogP contribution in [0.2, 0.25) is 0 Å². The largest absolute Gasteiger partial charge is 0.458 e. The Hall–Kier alpha value is -3.30. The molecule has 2 aromatic rings. The van der Waals surface area contributed by atoms with Crippen molar-refractivity contribution >= 4 is 18.1 Å². The molecule has 45 heavy (non-hydrogen) atoms. The van der Waals surface area contributed by atoms with Crippen LogP contribution in [0.25, 0.3) is 12.2 Å². The van der Waals surface area contributed by atoms with Gasteiger partial charge in [-0.25, -0.2) is 9.78 Å². The van der Waals surface area contributed by atoms with Crippen LogP contribution in [0.15, 0.2) is 77.1 Å². The zero-order chi connectivity index (χ0) is 31.3. The third kappa shape index (κ3) is 7.93. The molecule has 4 aliphatic heterocycles. The van der Waals surface area contributed by atoms with Gasteiger partial charge in [-0.15, -0.1) is 0 Å². The number of carbonyl (C=O) groups excluding carboxylic acids is 1. The van der Waals surface area contributed by atoms with Crippen molar-refractivity contribution in [1.82, 2.24) is 4.98 Å². The minimum Gasteiger partial charge on any atom is -0.458 e. The first-order chi connectivity index (χ1) is 21.8. The van der Waals surface area contributed by atoms with Gasteiger partial charge in [0.1, 0.15) is 12.4 Å². The van der Waals surface area contributed by atoms with E-state index in [1.54, 1.807) is 18.5 Å². The maximum atomic E-state index is 13.2. The van der Waals surface area contributed by atoms with Gasteiger partial charge in [-0.1, -0.05) is 62.4 Å². The van der Waals surface area contributed by atoms with Crippen molar-refractivity contribution in [1.29, 1.82) is 0 Å². The van der Waals surface area contributed by atoms with Crippen molar-refractivity contribution in [3.05, 3.63) is 89.7 Å². The summed E-state index contributed by atoms with van der Waals surface area (Å²) in [5, 5.41) is 0. The first kappa shape index (κ1) is 31.7. The van der Waals surface area contributed by atoms with Crippen molar-refractivity contribution in [2.75, 3.05) is 6.61 Å². The maximum absolute atomic E-state index is 13.2. The van der Waals surface area contributed by atoms with Gasteiger partial charge in [0.05, 0.1) is 43.3 Å². The van der Waals surface area contributed by atoms with Crippen molar-refractivity contribution < 1.29 is 32.9 Å². The Morgan fingerprint density at radius 3 is 2.69 bits per heavy atom. The third-order valence-electron chi connectivity index (χ3n) is 9.41. The predicted molar refractivity (Wildman–Crippen MR) is 171 cm³/mol. The van der Waals surface area contributed by atoms with Gasteiger partial charge in [0.2, 0.25) is 5.89 Å². The van der Waals surface area contributed by atoms with Gasteiger partial charge in [0.15, 0.2) is 6.29 Å². The SMILES string of the molecule is C=C1C[C@H]2C/C=C\C(=O)O[C@H]3[C@@H](C)[C@H](C/C=C/c4cccc(c4)[C@@H]4OCCC(C[C@H](C1)O2)O4)O[C@H](/C(C)=C/c1ncco1)[C@@H]3C. The summed E-state index contributed by atoms with van der Waals surface area (Å²) in [6, 6.07) is 8.29. The van der Waals surface area contributed by atoms with E-state index in [1.165, 1.54) is 5.57 Å². The number of hydrogen-bond donors (Lipinski definition) is 0. The van der Waals surface area contributed by atoms with Gasteiger partial charge in [-0.05, 0) is 56.2 Å². The van der Waals surface area contributed by atoms with Gasteiger partial charge in [0, 0.05) is 36.0 Å². The van der Waals surface area contributed by atoms with Gasteiger partial charge < -0.3 is 28.1 Å². The maximum Gasteiger partial charge on any atom is 0.330 e. The number of benzene rings is 1. The van der Waals surface area contributed by atoms with E-state index in [4.69, 9.17) is 28.1 Å². The third-order valence-corrected chi connectivity index (χ3v) is 9.41. The first-order valence-corrected chi connectivity index (χ1v) is 16.3. The molecular weight excluding hydrogens is 570 g/mol. The van der Waals surface area contributed by atoms with Gasteiger partial charge in [-0.2, -0.15) is 0 Å². The highest BCUT2D eigenvalue weighted by Crippen LogP contribution is 2.38. The van der Waals surface area contributed by atoms with Crippen molar-refractivity contribution in [3.8, 4) is 0 Å². The Morgan fingerprint density at radius 2 is 1.84 bits per heavy atom. The number of oxazole rings is 1. The molecule has 3 fully saturated rings. The predicted octanol–water partition coefficient (Wildman–Crippen LogP) is 7.39. The lowest BCUT2D eigenvalue weighted by atomic mass is 9.79. The molecule has 5 heterocycles. The Morgan fingerprint density at radius 1 is 1.00 bits per heavy atom. The minimum absolute atomic E-state index is 0.0224. The molecule has 6 rings (SSSR count). The van der Waals surface area contributed by atoms with E-state index in [0.717, 1.165) is 42.4 Å². The molecule has 0 spiro atoms. The van der Waals surface area contributed by atoms with Crippen molar-refractivity contribution in [2.24, 2.45) is 11.8 Å². The number of esters is 1. The van der Waals surface area contributed by atoms with Crippen molar-refractivity contribution in [3.63, 3.8) is 0 Å². The molecule has 1 aromatic carbocycles. The zero-order valence-electron chi connectivity index (χ0n) is 26.5. The van der Waals surface area contributed by atoms with Crippen molar-refractivity contribution in [2.45, 2.75) is 102 Å². The lowest BCUT2D eigenvalue weighted by Crippen LogP contribution is -2.50. The zero-order valence-corrected chi connectivity index (χ0v) is 26.5. The Labute approximate surface area is 266 Å². The summed E-state index contributed by atoms with van der Waals surface area (Å²) >= 11 is 0. The van der Waals surface area contributed by atoms with Gasteiger partial charge in [-0.3, -0.25) is 0 Å². The number of aromatic nitrogens is 1. The van der Waals surface area contributed by atoms with Crippen LogP contribution in [0.1, 0.15) is 82.6 Å². The fourth-order valence-electron chi connectivity index (χ4n) is 7.13. The molecule has 1 aromatic heterocycles. The molecule has 8 bridgehead atoms. The summed E-state index contributed by atoms with van der Waals surface area (Å²) in [5.41, 5.74) is 4.20. The smallest absolute Gasteiger partial charge is 0.330 e. The van der Waals surface area contributed by atoms with Crippen LogP contribution in [0.4, 0.5) is 0 Å². The number of ether oxygens (including phenoxy) is 5. The molecule has 240 valence electrons. The first-order valence-electron chi connectivity index (χ1n) is 16.3. The molecule has 3 saturated heterocycles. The standard InChI is InChI=1S/C37H45NO7/c1-23-18-29-11-7-13-34(39)45-36-25(3)32(44-35(26(36)4)24(2)20-33-38-15-17-40-33)12-6-9-27-8-5-10-28(21-27)37-41-16-14-30(43-37)22-31(19-23)42-29/h5-10,13,15,17,20-21,25-26,29-32,35-37H,1,11-12,14,16,18-19,22H2,2-4H3/b9-6+,13-7-,24-20+/t25-,26-,29+,30?,31-,32-,35+,36-,37+/m0/s1. The average molecular weight is 616 g/mol. The molecular formula is C37H45NO7. The van der Waals surface area contributed by atoms with Gasteiger partial charge >= 0.3 is 5.97 Å².